The van der Waals surface area contributed by atoms with E-state index in [1.165, 1.54) is 0 Å². The van der Waals surface area contributed by atoms with Gasteiger partial charge in [0.15, 0.2) is 0 Å². The van der Waals surface area contributed by atoms with Gasteiger partial charge in [0.1, 0.15) is 5.85 Å². The highest BCUT2D eigenvalue weighted by atomic mass is 32.2. The minimum Gasteiger partial charge on any atom is -0.366 e. The normalized spacial score (nSPS) is 14.4. The van der Waals surface area contributed by atoms with Crippen LogP contribution in [0.3, 0.4) is 0 Å². The summed E-state index contributed by atoms with van der Waals surface area (Å²) >= 11 is 0. The molecule has 0 aliphatic heterocycles. The van der Waals surface area contributed by atoms with Crippen molar-refractivity contribution in [1.82, 2.24) is 4.72 Å². The van der Waals surface area contributed by atoms with E-state index >= 15 is 0 Å². The zero-order valence-electron chi connectivity index (χ0n) is 11.3. The van der Waals surface area contributed by atoms with Gasteiger partial charge in [-0.2, -0.15) is 4.72 Å². The summed E-state index contributed by atoms with van der Waals surface area (Å²) in [5.41, 5.74) is 0. The first-order valence-electron chi connectivity index (χ1n) is 5.96. The Kier molecular flexibility index (Phi) is 5.09. The number of hydrogen-bond donors (Lipinski definition) is 1. The Morgan fingerprint density at radius 2 is 1.78 bits per heavy atom. The average molecular weight is 287 g/mol. The van der Waals surface area contributed by atoms with Crippen LogP contribution in [0.15, 0.2) is 35.2 Å². The van der Waals surface area contributed by atoms with Gasteiger partial charge in [-0.15, -0.1) is 0 Å². The van der Waals surface area contributed by atoms with Crippen LogP contribution in [0, 0.1) is 0 Å². The molecule has 0 amide bonds. The molecular formula is C12H21NO3SSi. The second-order valence-electron chi connectivity index (χ2n) is 5.14. The van der Waals surface area contributed by atoms with E-state index in [9.17, 15) is 8.42 Å². The Labute approximate surface area is 110 Å². The van der Waals surface area contributed by atoms with Crippen molar-refractivity contribution in [3.05, 3.63) is 30.3 Å². The van der Waals surface area contributed by atoms with E-state index in [-0.39, 0.29) is 4.90 Å². The van der Waals surface area contributed by atoms with Crippen molar-refractivity contribution in [1.29, 1.82) is 0 Å². The highest BCUT2D eigenvalue weighted by Crippen LogP contribution is 2.14. The largest absolute Gasteiger partial charge is 0.366 e. The van der Waals surface area contributed by atoms with Crippen LogP contribution in [0.2, 0.25) is 19.6 Å². The lowest BCUT2D eigenvalue weighted by atomic mass is 10.4. The number of sulfonamides is 1. The van der Waals surface area contributed by atoms with Crippen molar-refractivity contribution in [2.45, 2.75) is 37.3 Å². The van der Waals surface area contributed by atoms with E-state index in [0.29, 0.717) is 6.61 Å². The van der Waals surface area contributed by atoms with E-state index in [4.69, 9.17) is 4.74 Å². The molecule has 1 rings (SSSR count). The van der Waals surface area contributed by atoms with Crippen molar-refractivity contribution in [3.63, 3.8) is 0 Å². The molecule has 4 nitrogen and oxygen atoms in total. The van der Waals surface area contributed by atoms with Crippen LogP contribution in [0.4, 0.5) is 0 Å². The molecule has 1 N–H and O–H groups in total. The summed E-state index contributed by atoms with van der Waals surface area (Å²) < 4.78 is 32.6. The molecule has 0 heterocycles. The van der Waals surface area contributed by atoms with E-state index in [2.05, 4.69) is 24.4 Å². The summed E-state index contributed by atoms with van der Waals surface area (Å²) in [5, 5.41) is 0. The molecule has 1 atom stereocenters. The van der Waals surface area contributed by atoms with E-state index in [0.717, 1.165) is 0 Å². The molecule has 0 saturated carbocycles. The minimum atomic E-state index is -3.51. The van der Waals surface area contributed by atoms with Crippen LogP contribution in [0.1, 0.15) is 6.92 Å². The molecule has 1 unspecified atom stereocenters. The zero-order valence-corrected chi connectivity index (χ0v) is 13.1. The van der Waals surface area contributed by atoms with Gasteiger partial charge >= 0.3 is 0 Å². The van der Waals surface area contributed by atoms with Crippen molar-refractivity contribution < 1.29 is 13.2 Å². The smallest absolute Gasteiger partial charge is 0.242 e. The molecule has 0 spiro atoms. The Bertz CT molecular complexity index is 468. The summed E-state index contributed by atoms with van der Waals surface area (Å²) in [6.07, 6.45) is 0. The average Bonchev–Trinajstić information content (AvgIpc) is 2.28. The SMILES string of the molecule is CCOC(NS(=O)(=O)c1ccccc1)[Si](C)(C)C. The lowest BCUT2D eigenvalue weighted by molar-refractivity contribution is 0.104. The van der Waals surface area contributed by atoms with Gasteiger partial charge in [0.05, 0.1) is 13.0 Å². The zero-order chi connectivity index (χ0) is 13.8. The number of benzene rings is 1. The summed E-state index contributed by atoms with van der Waals surface area (Å²) in [7, 11) is -5.27. The quantitative estimate of drug-likeness (QED) is 0.644. The van der Waals surface area contributed by atoms with Crippen molar-refractivity contribution in [2.24, 2.45) is 0 Å². The third-order valence-electron chi connectivity index (χ3n) is 2.44. The maximum Gasteiger partial charge on any atom is 0.242 e. The number of ether oxygens (including phenoxy) is 1. The first-order chi connectivity index (χ1) is 8.27. The van der Waals surface area contributed by atoms with Crippen LogP contribution in [-0.2, 0) is 14.8 Å². The van der Waals surface area contributed by atoms with Gasteiger partial charge in [-0.05, 0) is 19.1 Å². The van der Waals surface area contributed by atoms with Gasteiger partial charge in [0.2, 0.25) is 10.0 Å². The maximum atomic E-state index is 12.2. The fourth-order valence-corrected chi connectivity index (χ4v) is 4.98. The third kappa shape index (κ3) is 4.20. The molecule has 0 fully saturated rings. The predicted octanol–water partition coefficient (Wildman–Crippen LogP) is 2.20. The third-order valence-corrected chi connectivity index (χ3v) is 5.95. The molecule has 0 saturated heterocycles. The van der Waals surface area contributed by atoms with Gasteiger partial charge in [-0.25, -0.2) is 8.42 Å². The lowest BCUT2D eigenvalue weighted by Crippen LogP contribution is -2.52. The standard InChI is InChI=1S/C12H21NO3SSi/c1-5-16-12(18(2,3)4)13-17(14,15)11-9-7-6-8-10-11/h6-10,12-13H,5H2,1-4H3. The Balaban J connectivity index is 2.94. The molecule has 0 aromatic heterocycles. The first kappa shape index (κ1) is 15.4. The van der Waals surface area contributed by atoms with Crippen LogP contribution in [-0.4, -0.2) is 28.9 Å². The Hall–Kier alpha value is -0.693. The fourth-order valence-electron chi connectivity index (χ4n) is 1.44. The highest BCUT2D eigenvalue weighted by Gasteiger charge is 2.31. The lowest BCUT2D eigenvalue weighted by Gasteiger charge is -2.29. The van der Waals surface area contributed by atoms with E-state index in [1.807, 2.05) is 6.92 Å². The second-order valence-corrected chi connectivity index (χ2v) is 12.1. The van der Waals surface area contributed by atoms with E-state index in [1.54, 1.807) is 30.3 Å². The monoisotopic (exact) mass is 287 g/mol. The number of rotatable bonds is 6. The van der Waals surface area contributed by atoms with Crippen molar-refractivity contribution in [2.75, 3.05) is 6.61 Å². The van der Waals surface area contributed by atoms with E-state index < -0.39 is 23.9 Å². The van der Waals surface area contributed by atoms with Gasteiger partial charge in [-0.1, -0.05) is 37.8 Å². The van der Waals surface area contributed by atoms with Crippen molar-refractivity contribution in [3.8, 4) is 0 Å². The molecule has 1 aromatic carbocycles. The molecule has 6 heteroatoms. The fraction of sp³-hybridized carbons (Fsp3) is 0.500. The maximum absolute atomic E-state index is 12.2. The molecule has 1 aromatic rings. The van der Waals surface area contributed by atoms with Crippen LogP contribution in [0.25, 0.3) is 0 Å². The molecular weight excluding hydrogens is 266 g/mol. The topological polar surface area (TPSA) is 55.4 Å². The van der Waals surface area contributed by atoms with Crippen LogP contribution >= 0.6 is 0 Å². The van der Waals surface area contributed by atoms with Gasteiger partial charge < -0.3 is 4.74 Å². The van der Waals surface area contributed by atoms with Gasteiger partial charge in [0.25, 0.3) is 0 Å². The van der Waals surface area contributed by atoms with Crippen LogP contribution in [0.5, 0.6) is 0 Å². The highest BCUT2D eigenvalue weighted by molar-refractivity contribution is 7.89. The van der Waals surface area contributed by atoms with Crippen molar-refractivity contribution >= 4 is 18.1 Å². The predicted molar refractivity (Wildman–Crippen MR) is 75.5 cm³/mol. The molecule has 18 heavy (non-hydrogen) atoms. The second kappa shape index (κ2) is 5.97. The summed E-state index contributed by atoms with van der Waals surface area (Å²) in [4.78, 5) is 0.271. The number of nitrogens with one attached hydrogen (secondary N) is 1. The molecule has 0 radical (unpaired) electrons. The molecule has 102 valence electrons. The first-order valence-corrected chi connectivity index (χ1v) is 11.0. The summed E-state index contributed by atoms with van der Waals surface area (Å²) in [6, 6.07) is 8.36. The summed E-state index contributed by atoms with van der Waals surface area (Å²) in [5.74, 6) is -0.410. The Morgan fingerprint density at radius 3 is 2.22 bits per heavy atom. The van der Waals surface area contributed by atoms with Gasteiger partial charge in [-0.3, -0.25) is 0 Å². The number of hydrogen-bond acceptors (Lipinski definition) is 3. The molecule has 0 bridgehead atoms. The summed E-state index contributed by atoms with van der Waals surface area (Å²) in [6.45, 7) is 8.57. The Morgan fingerprint density at radius 1 is 1.22 bits per heavy atom. The molecule has 0 aliphatic carbocycles. The molecule has 0 aliphatic rings. The van der Waals surface area contributed by atoms with Crippen LogP contribution < -0.4 is 4.72 Å². The minimum absolute atomic E-state index is 0.271. The van der Waals surface area contributed by atoms with Gasteiger partial charge in [0, 0.05) is 6.61 Å².